The van der Waals surface area contributed by atoms with Gasteiger partial charge in [0.05, 0.1) is 17.1 Å². The second-order valence-corrected chi connectivity index (χ2v) is 7.23. The van der Waals surface area contributed by atoms with Crippen molar-refractivity contribution in [2.24, 2.45) is 5.92 Å². The molecule has 1 aliphatic rings. The largest absolute Gasteiger partial charge is 0.369 e. The molecule has 0 amide bonds. The van der Waals surface area contributed by atoms with Gasteiger partial charge in [0.25, 0.3) is 0 Å². The Morgan fingerprint density at radius 3 is 2.39 bits per heavy atom. The standard InChI is InChI=1S/C15H19IO2/c1-14(2)9-11(15(3,4)18-14)13(17)10-7-5-6-8-12(10)16/h5-8,11H,9H2,1-4H3. The van der Waals surface area contributed by atoms with Crippen molar-refractivity contribution < 1.29 is 9.53 Å². The predicted octanol–water partition coefficient (Wildman–Crippen LogP) is 4.07. The van der Waals surface area contributed by atoms with E-state index in [1.807, 2.05) is 38.1 Å². The molecule has 18 heavy (non-hydrogen) atoms. The van der Waals surface area contributed by atoms with E-state index in [1.54, 1.807) is 0 Å². The molecule has 2 rings (SSSR count). The van der Waals surface area contributed by atoms with E-state index in [0.717, 1.165) is 15.6 Å². The third-order valence-electron chi connectivity index (χ3n) is 3.53. The maximum absolute atomic E-state index is 12.7. The van der Waals surface area contributed by atoms with Crippen molar-refractivity contribution >= 4 is 28.4 Å². The number of rotatable bonds is 2. The molecular formula is C15H19IO2. The number of carbonyl (C=O) groups excluding carboxylic acids is 1. The fourth-order valence-electron chi connectivity index (χ4n) is 2.82. The van der Waals surface area contributed by atoms with Crippen LogP contribution in [0.15, 0.2) is 24.3 Å². The fraction of sp³-hybridized carbons (Fsp3) is 0.533. The summed E-state index contributed by atoms with van der Waals surface area (Å²) < 4.78 is 7.02. The van der Waals surface area contributed by atoms with Crippen molar-refractivity contribution in [1.29, 1.82) is 0 Å². The zero-order valence-corrected chi connectivity index (χ0v) is 13.4. The van der Waals surface area contributed by atoms with Gasteiger partial charge in [-0.05, 0) is 62.8 Å². The van der Waals surface area contributed by atoms with Crippen LogP contribution in [0.3, 0.4) is 0 Å². The Labute approximate surface area is 122 Å². The minimum Gasteiger partial charge on any atom is -0.369 e. The van der Waals surface area contributed by atoms with Gasteiger partial charge in [0.2, 0.25) is 0 Å². The zero-order chi connectivity index (χ0) is 13.6. The second kappa shape index (κ2) is 4.60. The van der Waals surface area contributed by atoms with Crippen molar-refractivity contribution in [3.8, 4) is 0 Å². The Balaban J connectivity index is 2.33. The Morgan fingerprint density at radius 1 is 1.28 bits per heavy atom. The Morgan fingerprint density at radius 2 is 1.89 bits per heavy atom. The Hall–Kier alpha value is -0.420. The van der Waals surface area contributed by atoms with E-state index in [2.05, 4.69) is 36.4 Å². The molecule has 0 radical (unpaired) electrons. The first-order valence-corrected chi connectivity index (χ1v) is 7.30. The summed E-state index contributed by atoms with van der Waals surface area (Å²) in [6.07, 6.45) is 0.782. The number of hydrogen-bond donors (Lipinski definition) is 0. The summed E-state index contributed by atoms with van der Waals surface area (Å²) >= 11 is 2.22. The van der Waals surface area contributed by atoms with Gasteiger partial charge in [0.15, 0.2) is 5.78 Å². The molecule has 0 bridgehead atoms. The van der Waals surface area contributed by atoms with E-state index in [9.17, 15) is 4.79 Å². The van der Waals surface area contributed by atoms with E-state index in [0.29, 0.717) is 0 Å². The summed E-state index contributed by atoms with van der Waals surface area (Å²) in [7, 11) is 0. The highest BCUT2D eigenvalue weighted by Gasteiger charge is 2.49. The first-order valence-electron chi connectivity index (χ1n) is 6.22. The number of benzene rings is 1. The molecular weight excluding hydrogens is 339 g/mol. The van der Waals surface area contributed by atoms with E-state index >= 15 is 0 Å². The Kier molecular flexibility index (Phi) is 3.58. The van der Waals surface area contributed by atoms with Gasteiger partial charge in [-0.15, -0.1) is 0 Å². The molecule has 1 unspecified atom stereocenters. The van der Waals surface area contributed by atoms with Gasteiger partial charge in [0, 0.05) is 9.13 Å². The van der Waals surface area contributed by atoms with Crippen LogP contribution >= 0.6 is 22.6 Å². The molecule has 0 aliphatic carbocycles. The number of ketones is 1. The lowest BCUT2D eigenvalue weighted by Crippen LogP contribution is -2.34. The van der Waals surface area contributed by atoms with Crippen LogP contribution in [0, 0.1) is 9.49 Å². The minimum atomic E-state index is -0.389. The molecule has 1 aromatic rings. The summed E-state index contributed by atoms with van der Waals surface area (Å²) in [5, 5.41) is 0. The van der Waals surface area contributed by atoms with Gasteiger partial charge < -0.3 is 4.74 Å². The van der Waals surface area contributed by atoms with Crippen LogP contribution in [0.2, 0.25) is 0 Å². The molecule has 1 aromatic carbocycles. The zero-order valence-electron chi connectivity index (χ0n) is 11.3. The van der Waals surface area contributed by atoms with Crippen molar-refractivity contribution in [1.82, 2.24) is 0 Å². The maximum atomic E-state index is 12.7. The average Bonchev–Trinajstić information content (AvgIpc) is 2.46. The molecule has 2 nitrogen and oxygen atoms in total. The second-order valence-electron chi connectivity index (χ2n) is 6.07. The third-order valence-corrected chi connectivity index (χ3v) is 4.47. The third kappa shape index (κ3) is 2.62. The summed E-state index contributed by atoms with van der Waals surface area (Å²) in [4.78, 5) is 12.7. The van der Waals surface area contributed by atoms with E-state index in [1.165, 1.54) is 0 Å². The van der Waals surface area contributed by atoms with Crippen molar-refractivity contribution in [3.05, 3.63) is 33.4 Å². The summed E-state index contributed by atoms with van der Waals surface area (Å²) in [5.74, 6) is 0.138. The number of hydrogen-bond acceptors (Lipinski definition) is 2. The predicted molar refractivity (Wildman–Crippen MR) is 80.8 cm³/mol. The number of carbonyl (C=O) groups is 1. The first-order chi connectivity index (χ1) is 8.23. The molecule has 3 heteroatoms. The molecule has 1 saturated heterocycles. The van der Waals surface area contributed by atoms with Crippen molar-refractivity contribution in [2.75, 3.05) is 0 Å². The van der Waals surface area contributed by atoms with Gasteiger partial charge >= 0.3 is 0 Å². The molecule has 1 atom stereocenters. The number of halogens is 1. The van der Waals surface area contributed by atoms with Gasteiger partial charge in [-0.1, -0.05) is 18.2 Å². The Bertz CT molecular complexity index is 477. The van der Waals surface area contributed by atoms with Crippen molar-refractivity contribution in [3.63, 3.8) is 0 Å². The topological polar surface area (TPSA) is 26.3 Å². The summed E-state index contributed by atoms with van der Waals surface area (Å²) in [6.45, 7) is 8.14. The molecule has 0 N–H and O–H groups in total. The smallest absolute Gasteiger partial charge is 0.169 e. The van der Waals surface area contributed by atoms with E-state index in [4.69, 9.17) is 4.74 Å². The summed E-state index contributed by atoms with van der Waals surface area (Å²) in [5.41, 5.74) is 0.210. The molecule has 98 valence electrons. The summed E-state index contributed by atoms with van der Waals surface area (Å²) in [6, 6.07) is 7.76. The lowest BCUT2D eigenvalue weighted by Gasteiger charge is -2.26. The SMILES string of the molecule is CC1(C)CC(C(=O)c2ccccc2I)C(C)(C)O1. The number of ether oxygens (including phenoxy) is 1. The van der Waals surface area contributed by atoms with E-state index < -0.39 is 0 Å². The normalized spacial score (nSPS) is 25.1. The first kappa shape index (κ1) is 14.0. The lowest BCUT2D eigenvalue weighted by molar-refractivity contribution is -0.0712. The van der Waals surface area contributed by atoms with Crippen LogP contribution in [0.25, 0.3) is 0 Å². The maximum Gasteiger partial charge on any atom is 0.169 e. The van der Waals surface area contributed by atoms with Crippen LogP contribution in [0.4, 0.5) is 0 Å². The van der Waals surface area contributed by atoms with E-state index in [-0.39, 0.29) is 22.9 Å². The molecule has 0 spiro atoms. The highest BCUT2D eigenvalue weighted by Crippen LogP contribution is 2.43. The average molecular weight is 358 g/mol. The van der Waals surface area contributed by atoms with Gasteiger partial charge in [-0.3, -0.25) is 4.79 Å². The van der Waals surface area contributed by atoms with Gasteiger partial charge in [-0.25, -0.2) is 0 Å². The van der Waals surface area contributed by atoms with Crippen molar-refractivity contribution in [2.45, 2.75) is 45.3 Å². The lowest BCUT2D eigenvalue weighted by atomic mass is 9.82. The fourth-order valence-corrected chi connectivity index (χ4v) is 3.47. The van der Waals surface area contributed by atoms with Crippen LogP contribution < -0.4 is 0 Å². The molecule has 1 fully saturated rings. The number of Topliss-reactive ketones (excluding diaryl/α,β-unsaturated/α-hetero) is 1. The quantitative estimate of drug-likeness (QED) is 0.589. The minimum absolute atomic E-state index is 0.0663. The van der Waals surface area contributed by atoms with Crippen LogP contribution in [0.5, 0.6) is 0 Å². The van der Waals surface area contributed by atoms with Gasteiger partial charge in [-0.2, -0.15) is 0 Å². The monoisotopic (exact) mass is 358 g/mol. The van der Waals surface area contributed by atoms with Crippen LogP contribution in [-0.2, 0) is 4.74 Å². The molecule has 1 aliphatic heterocycles. The van der Waals surface area contributed by atoms with Gasteiger partial charge in [0.1, 0.15) is 0 Å². The van der Waals surface area contributed by atoms with Crippen LogP contribution in [0.1, 0.15) is 44.5 Å². The van der Waals surface area contributed by atoms with Crippen LogP contribution in [-0.4, -0.2) is 17.0 Å². The molecule has 0 saturated carbocycles. The molecule has 0 aromatic heterocycles. The highest BCUT2D eigenvalue weighted by molar-refractivity contribution is 14.1. The highest BCUT2D eigenvalue weighted by atomic mass is 127. The molecule has 1 heterocycles.